The third kappa shape index (κ3) is 3.05. The molecule has 0 aliphatic carbocycles. The number of hydrogen-bond donors (Lipinski definition) is 2. The SMILES string of the molecule is Cl.NCC(=O)N1CCNCC1. The van der Waals surface area contributed by atoms with Gasteiger partial charge in [0.25, 0.3) is 0 Å². The topological polar surface area (TPSA) is 58.4 Å². The van der Waals surface area contributed by atoms with Crippen molar-refractivity contribution in [2.75, 3.05) is 32.7 Å². The smallest absolute Gasteiger partial charge is 0.236 e. The average Bonchev–Trinajstić information content (AvgIpc) is 2.05. The van der Waals surface area contributed by atoms with Gasteiger partial charge in [-0.25, -0.2) is 0 Å². The van der Waals surface area contributed by atoms with Gasteiger partial charge in [0.1, 0.15) is 0 Å². The van der Waals surface area contributed by atoms with E-state index in [1.54, 1.807) is 4.90 Å². The van der Waals surface area contributed by atoms with Gasteiger partial charge in [-0.15, -0.1) is 12.4 Å². The zero-order valence-corrected chi connectivity index (χ0v) is 7.19. The van der Waals surface area contributed by atoms with Crippen molar-refractivity contribution in [2.24, 2.45) is 5.73 Å². The minimum atomic E-state index is 0. The van der Waals surface area contributed by atoms with Crippen LogP contribution in [-0.2, 0) is 4.79 Å². The van der Waals surface area contributed by atoms with Crippen LogP contribution in [0.25, 0.3) is 0 Å². The summed E-state index contributed by atoms with van der Waals surface area (Å²) >= 11 is 0. The molecule has 0 bridgehead atoms. The van der Waals surface area contributed by atoms with E-state index in [1.807, 2.05) is 0 Å². The Bertz CT molecular complexity index is 125. The highest BCUT2D eigenvalue weighted by molar-refractivity contribution is 5.85. The molecule has 0 aromatic heterocycles. The van der Waals surface area contributed by atoms with Crippen LogP contribution in [0.2, 0.25) is 0 Å². The van der Waals surface area contributed by atoms with Crippen molar-refractivity contribution in [3.63, 3.8) is 0 Å². The lowest BCUT2D eigenvalue weighted by Crippen LogP contribution is -2.48. The summed E-state index contributed by atoms with van der Waals surface area (Å²) in [5.74, 6) is 0.0569. The van der Waals surface area contributed by atoms with Crippen LogP contribution in [0.3, 0.4) is 0 Å². The van der Waals surface area contributed by atoms with Gasteiger partial charge in [0, 0.05) is 26.2 Å². The first-order valence-corrected chi connectivity index (χ1v) is 3.53. The van der Waals surface area contributed by atoms with Crippen molar-refractivity contribution in [1.29, 1.82) is 0 Å². The molecule has 1 heterocycles. The highest BCUT2D eigenvalue weighted by Gasteiger charge is 2.13. The number of nitrogens with one attached hydrogen (secondary N) is 1. The molecule has 1 saturated heterocycles. The lowest BCUT2D eigenvalue weighted by atomic mass is 10.3. The van der Waals surface area contributed by atoms with E-state index in [2.05, 4.69) is 5.32 Å². The predicted molar refractivity (Wildman–Crippen MR) is 45.8 cm³/mol. The molecule has 5 heteroatoms. The minimum absolute atomic E-state index is 0. The molecule has 0 aromatic rings. The van der Waals surface area contributed by atoms with E-state index in [1.165, 1.54) is 0 Å². The molecule has 0 unspecified atom stereocenters. The Morgan fingerprint density at radius 2 is 2.00 bits per heavy atom. The van der Waals surface area contributed by atoms with Crippen LogP contribution in [0.1, 0.15) is 0 Å². The monoisotopic (exact) mass is 179 g/mol. The third-order valence-corrected chi connectivity index (χ3v) is 1.64. The molecule has 1 aliphatic rings. The summed E-state index contributed by atoms with van der Waals surface area (Å²) in [5, 5.41) is 3.16. The second kappa shape index (κ2) is 5.35. The summed E-state index contributed by atoms with van der Waals surface area (Å²) in [4.78, 5) is 12.7. The van der Waals surface area contributed by atoms with Crippen molar-refractivity contribution in [3.05, 3.63) is 0 Å². The maximum absolute atomic E-state index is 10.9. The standard InChI is InChI=1S/C6H13N3O.ClH/c7-5-6(10)9-3-1-8-2-4-9;/h8H,1-5,7H2;1H. The van der Waals surface area contributed by atoms with Gasteiger partial charge in [0.15, 0.2) is 0 Å². The Morgan fingerprint density at radius 1 is 1.45 bits per heavy atom. The number of halogens is 1. The fourth-order valence-electron chi connectivity index (χ4n) is 1.04. The zero-order valence-electron chi connectivity index (χ0n) is 6.38. The van der Waals surface area contributed by atoms with E-state index in [0.29, 0.717) is 0 Å². The zero-order chi connectivity index (χ0) is 7.40. The predicted octanol–water partition coefficient (Wildman–Crippen LogP) is -1.20. The molecule has 1 fully saturated rings. The van der Waals surface area contributed by atoms with E-state index in [4.69, 9.17) is 5.73 Å². The van der Waals surface area contributed by atoms with E-state index in [0.717, 1.165) is 26.2 Å². The molecule has 0 radical (unpaired) electrons. The van der Waals surface area contributed by atoms with Gasteiger partial charge in [0.2, 0.25) is 5.91 Å². The molecule has 0 saturated carbocycles. The van der Waals surface area contributed by atoms with Crippen LogP contribution < -0.4 is 11.1 Å². The molecule has 1 rings (SSSR count). The molecule has 0 atom stereocenters. The number of carbonyl (C=O) groups is 1. The van der Waals surface area contributed by atoms with E-state index in [-0.39, 0.29) is 24.9 Å². The maximum Gasteiger partial charge on any atom is 0.236 e. The summed E-state index contributed by atoms with van der Waals surface area (Å²) in [6.07, 6.45) is 0. The Kier molecular flexibility index (Phi) is 5.19. The quantitative estimate of drug-likeness (QED) is 0.532. The minimum Gasteiger partial charge on any atom is -0.339 e. The van der Waals surface area contributed by atoms with Crippen LogP contribution in [0, 0.1) is 0 Å². The Balaban J connectivity index is 0.000001000. The number of amides is 1. The molecule has 11 heavy (non-hydrogen) atoms. The van der Waals surface area contributed by atoms with Gasteiger partial charge in [-0.3, -0.25) is 4.79 Å². The van der Waals surface area contributed by atoms with Gasteiger partial charge in [-0.1, -0.05) is 0 Å². The largest absolute Gasteiger partial charge is 0.339 e. The van der Waals surface area contributed by atoms with Crippen molar-refractivity contribution in [2.45, 2.75) is 0 Å². The molecule has 3 N–H and O–H groups in total. The lowest BCUT2D eigenvalue weighted by molar-refractivity contribution is -0.130. The highest BCUT2D eigenvalue weighted by atomic mass is 35.5. The molecular weight excluding hydrogens is 166 g/mol. The second-order valence-corrected chi connectivity index (χ2v) is 2.33. The first kappa shape index (κ1) is 10.7. The van der Waals surface area contributed by atoms with Gasteiger partial charge in [-0.2, -0.15) is 0 Å². The summed E-state index contributed by atoms with van der Waals surface area (Å²) < 4.78 is 0. The first-order valence-electron chi connectivity index (χ1n) is 3.53. The highest BCUT2D eigenvalue weighted by Crippen LogP contribution is 1.90. The fraction of sp³-hybridized carbons (Fsp3) is 0.833. The van der Waals surface area contributed by atoms with Crippen molar-refractivity contribution in [1.82, 2.24) is 10.2 Å². The molecule has 1 amide bonds. The Hall–Kier alpha value is -0.320. The molecule has 4 nitrogen and oxygen atoms in total. The summed E-state index contributed by atoms with van der Waals surface area (Å²) in [6.45, 7) is 3.53. The van der Waals surface area contributed by atoms with Crippen molar-refractivity contribution < 1.29 is 4.79 Å². The molecular formula is C6H14ClN3O. The third-order valence-electron chi connectivity index (χ3n) is 1.64. The molecule has 66 valence electrons. The maximum atomic E-state index is 10.9. The summed E-state index contributed by atoms with van der Waals surface area (Å²) in [6, 6.07) is 0. The van der Waals surface area contributed by atoms with E-state index in [9.17, 15) is 4.79 Å². The summed E-state index contributed by atoms with van der Waals surface area (Å²) in [7, 11) is 0. The number of nitrogens with zero attached hydrogens (tertiary/aromatic N) is 1. The van der Waals surface area contributed by atoms with Crippen LogP contribution in [0.15, 0.2) is 0 Å². The van der Waals surface area contributed by atoms with Crippen molar-refractivity contribution >= 4 is 18.3 Å². The number of rotatable bonds is 1. The van der Waals surface area contributed by atoms with E-state index < -0.39 is 0 Å². The van der Waals surface area contributed by atoms with Gasteiger partial charge < -0.3 is 16.0 Å². The number of nitrogens with two attached hydrogens (primary N) is 1. The van der Waals surface area contributed by atoms with Crippen LogP contribution in [0.4, 0.5) is 0 Å². The molecule has 1 aliphatic heterocycles. The number of hydrogen-bond acceptors (Lipinski definition) is 3. The summed E-state index contributed by atoms with van der Waals surface area (Å²) in [5.41, 5.74) is 5.19. The first-order chi connectivity index (χ1) is 4.84. The van der Waals surface area contributed by atoms with Gasteiger partial charge in [-0.05, 0) is 0 Å². The molecule has 0 aromatic carbocycles. The number of piperazine rings is 1. The average molecular weight is 180 g/mol. The second-order valence-electron chi connectivity index (χ2n) is 2.33. The van der Waals surface area contributed by atoms with Crippen LogP contribution in [-0.4, -0.2) is 43.5 Å². The van der Waals surface area contributed by atoms with Gasteiger partial charge >= 0.3 is 0 Å². The fourth-order valence-corrected chi connectivity index (χ4v) is 1.04. The lowest BCUT2D eigenvalue weighted by Gasteiger charge is -2.26. The number of carbonyl (C=O) groups excluding carboxylic acids is 1. The van der Waals surface area contributed by atoms with Crippen LogP contribution >= 0.6 is 12.4 Å². The van der Waals surface area contributed by atoms with Gasteiger partial charge in [0.05, 0.1) is 6.54 Å². The Morgan fingerprint density at radius 3 is 2.45 bits per heavy atom. The van der Waals surface area contributed by atoms with Crippen LogP contribution in [0.5, 0.6) is 0 Å². The normalized spacial score (nSPS) is 17.4. The van der Waals surface area contributed by atoms with Crippen molar-refractivity contribution in [3.8, 4) is 0 Å². The Labute approximate surface area is 72.5 Å². The van der Waals surface area contributed by atoms with E-state index >= 15 is 0 Å². The molecule has 0 spiro atoms.